The number of carbonyl (C=O) groups excluding carboxylic acids is 1. The molecule has 0 radical (unpaired) electrons. The highest BCUT2D eigenvalue weighted by Gasteiger charge is 2.09. The molecule has 0 aliphatic carbocycles. The van der Waals surface area contributed by atoms with Crippen LogP contribution in [-0.2, 0) is 18.4 Å². The predicted octanol–water partition coefficient (Wildman–Crippen LogP) is 3.15. The Kier molecular flexibility index (Phi) is 4.58. The fourth-order valence-electron chi connectivity index (χ4n) is 1.85. The van der Waals surface area contributed by atoms with Crippen LogP contribution in [0.4, 0.5) is 0 Å². The second-order valence-corrected chi connectivity index (χ2v) is 5.34. The largest absolute Gasteiger partial charge is 0.351 e. The lowest BCUT2D eigenvalue weighted by molar-refractivity contribution is -0.126. The van der Waals surface area contributed by atoms with Crippen molar-refractivity contribution in [3.63, 3.8) is 0 Å². The summed E-state index contributed by atoms with van der Waals surface area (Å²) in [5.41, 5.74) is 1.03. The molecule has 100 valence electrons. The lowest BCUT2D eigenvalue weighted by Crippen LogP contribution is -2.28. The molecule has 2 aromatic heterocycles. The van der Waals surface area contributed by atoms with Crippen LogP contribution in [0, 0.1) is 0 Å². The van der Waals surface area contributed by atoms with E-state index in [1.54, 1.807) is 17.4 Å². The highest BCUT2D eigenvalue weighted by atomic mass is 32.1. The number of aromatic nitrogens is 1. The molecule has 0 unspecified atom stereocenters. The lowest BCUT2D eigenvalue weighted by atomic mass is 10.3. The number of hydrogen-bond acceptors (Lipinski definition) is 2. The Labute approximate surface area is 117 Å². The van der Waals surface area contributed by atoms with Gasteiger partial charge in [0, 0.05) is 36.4 Å². The molecule has 19 heavy (non-hydrogen) atoms. The van der Waals surface area contributed by atoms with Crippen molar-refractivity contribution >= 4 is 23.3 Å². The van der Waals surface area contributed by atoms with Gasteiger partial charge in [0.1, 0.15) is 0 Å². The molecule has 0 spiro atoms. The molecule has 2 heterocycles. The molecule has 0 aliphatic rings. The molecule has 0 aromatic carbocycles. The Bertz CT molecular complexity index is 554. The average Bonchev–Trinajstić information content (AvgIpc) is 3.04. The second kappa shape index (κ2) is 6.38. The van der Waals surface area contributed by atoms with Crippen molar-refractivity contribution in [2.24, 2.45) is 7.05 Å². The molecule has 0 atom stereocenters. The van der Waals surface area contributed by atoms with Crippen LogP contribution in [0.5, 0.6) is 0 Å². The van der Waals surface area contributed by atoms with Crippen molar-refractivity contribution in [2.75, 3.05) is 6.54 Å². The maximum absolute atomic E-state index is 12.1. The number of likely N-dealkylation sites (N-methyl/N-ethyl adjacent to an activating group) is 1. The molecule has 1 amide bonds. The van der Waals surface area contributed by atoms with Gasteiger partial charge in [-0.3, -0.25) is 4.79 Å². The standard InChI is InChI=1S/C15H18N2OS/c1-3-17(12-14-7-5-11-19-14)15(18)9-8-13-6-4-10-16(13)2/h4-11H,3,12H2,1-2H3/b9-8+. The summed E-state index contributed by atoms with van der Waals surface area (Å²) in [4.78, 5) is 15.2. The number of hydrogen-bond donors (Lipinski definition) is 0. The van der Waals surface area contributed by atoms with Gasteiger partial charge in [0.05, 0.1) is 6.54 Å². The first-order valence-electron chi connectivity index (χ1n) is 6.31. The molecule has 4 heteroatoms. The van der Waals surface area contributed by atoms with Crippen molar-refractivity contribution in [1.82, 2.24) is 9.47 Å². The van der Waals surface area contributed by atoms with E-state index in [0.29, 0.717) is 13.1 Å². The summed E-state index contributed by atoms with van der Waals surface area (Å²) in [6, 6.07) is 8.02. The zero-order chi connectivity index (χ0) is 13.7. The Morgan fingerprint density at radius 3 is 2.84 bits per heavy atom. The quantitative estimate of drug-likeness (QED) is 0.769. The third-order valence-electron chi connectivity index (χ3n) is 3.00. The zero-order valence-corrected chi connectivity index (χ0v) is 12.1. The number of carbonyl (C=O) groups is 1. The Morgan fingerprint density at radius 1 is 1.42 bits per heavy atom. The summed E-state index contributed by atoms with van der Waals surface area (Å²) in [5.74, 6) is 0.0529. The predicted molar refractivity (Wildman–Crippen MR) is 79.9 cm³/mol. The van der Waals surface area contributed by atoms with Crippen molar-refractivity contribution in [1.29, 1.82) is 0 Å². The molecule has 0 saturated carbocycles. The van der Waals surface area contributed by atoms with E-state index in [1.165, 1.54) is 4.88 Å². The van der Waals surface area contributed by atoms with Gasteiger partial charge in [-0.15, -0.1) is 11.3 Å². The van der Waals surface area contributed by atoms with Crippen LogP contribution < -0.4 is 0 Å². The molecule has 0 saturated heterocycles. The Balaban J connectivity index is 2.01. The van der Waals surface area contributed by atoms with Gasteiger partial charge in [0.25, 0.3) is 0 Å². The highest BCUT2D eigenvalue weighted by Crippen LogP contribution is 2.12. The number of aryl methyl sites for hydroxylation is 1. The zero-order valence-electron chi connectivity index (χ0n) is 11.2. The van der Waals surface area contributed by atoms with E-state index in [-0.39, 0.29) is 5.91 Å². The topological polar surface area (TPSA) is 25.2 Å². The molecule has 2 rings (SSSR count). The third kappa shape index (κ3) is 3.58. The molecule has 0 fully saturated rings. The maximum atomic E-state index is 12.1. The first-order valence-corrected chi connectivity index (χ1v) is 7.19. The Morgan fingerprint density at radius 2 is 2.26 bits per heavy atom. The van der Waals surface area contributed by atoms with Gasteiger partial charge in [-0.05, 0) is 36.6 Å². The van der Waals surface area contributed by atoms with E-state index in [1.807, 2.05) is 59.3 Å². The number of nitrogens with zero attached hydrogens (tertiary/aromatic N) is 2. The molecule has 0 N–H and O–H groups in total. The van der Waals surface area contributed by atoms with Gasteiger partial charge < -0.3 is 9.47 Å². The van der Waals surface area contributed by atoms with Gasteiger partial charge in [-0.25, -0.2) is 0 Å². The maximum Gasteiger partial charge on any atom is 0.246 e. The van der Waals surface area contributed by atoms with Crippen LogP contribution in [0.15, 0.2) is 41.9 Å². The summed E-state index contributed by atoms with van der Waals surface area (Å²) in [7, 11) is 1.97. The highest BCUT2D eigenvalue weighted by molar-refractivity contribution is 7.09. The number of rotatable bonds is 5. The number of thiophene rings is 1. The normalized spacial score (nSPS) is 11.1. The Hall–Kier alpha value is -1.81. The fraction of sp³-hybridized carbons (Fsp3) is 0.267. The molecule has 0 bridgehead atoms. The van der Waals surface area contributed by atoms with Crippen molar-refractivity contribution < 1.29 is 4.79 Å². The van der Waals surface area contributed by atoms with Gasteiger partial charge in [0.2, 0.25) is 5.91 Å². The van der Waals surface area contributed by atoms with Crippen molar-refractivity contribution in [3.05, 3.63) is 52.5 Å². The van der Waals surface area contributed by atoms with Gasteiger partial charge >= 0.3 is 0 Å². The molecular formula is C15H18N2OS. The minimum atomic E-state index is 0.0529. The molecular weight excluding hydrogens is 256 g/mol. The van der Waals surface area contributed by atoms with Crippen LogP contribution in [0.3, 0.4) is 0 Å². The SMILES string of the molecule is CCN(Cc1cccs1)C(=O)/C=C/c1cccn1C. The summed E-state index contributed by atoms with van der Waals surface area (Å²) in [6.45, 7) is 3.40. The van der Waals surface area contributed by atoms with E-state index in [0.717, 1.165) is 5.69 Å². The summed E-state index contributed by atoms with van der Waals surface area (Å²) < 4.78 is 1.99. The molecule has 2 aromatic rings. The van der Waals surface area contributed by atoms with Crippen LogP contribution >= 0.6 is 11.3 Å². The average molecular weight is 274 g/mol. The summed E-state index contributed by atoms with van der Waals surface area (Å²) in [6.07, 6.45) is 5.47. The molecule has 3 nitrogen and oxygen atoms in total. The summed E-state index contributed by atoms with van der Waals surface area (Å²) >= 11 is 1.68. The van der Waals surface area contributed by atoms with Crippen LogP contribution in [-0.4, -0.2) is 21.9 Å². The van der Waals surface area contributed by atoms with Crippen molar-refractivity contribution in [3.8, 4) is 0 Å². The van der Waals surface area contributed by atoms with E-state index in [4.69, 9.17) is 0 Å². The summed E-state index contributed by atoms with van der Waals surface area (Å²) in [5, 5.41) is 2.04. The van der Waals surface area contributed by atoms with E-state index < -0.39 is 0 Å². The lowest BCUT2D eigenvalue weighted by Gasteiger charge is -2.18. The number of amides is 1. The van der Waals surface area contributed by atoms with Crippen LogP contribution in [0.1, 0.15) is 17.5 Å². The first kappa shape index (κ1) is 13.6. The van der Waals surface area contributed by atoms with Gasteiger partial charge in [-0.2, -0.15) is 0 Å². The monoisotopic (exact) mass is 274 g/mol. The minimum absolute atomic E-state index is 0.0529. The molecule has 0 aliphatic heterocycles. The van der Waals surface area contributed by atoms with E-state index in [2.05, 4.69) is 6.07 Å². The van der Waals surface area contributed by atoms with Crippen molar-refractivity contribution in [2.45, 2.75) is 13.5 Å². The van der Waals surface area contributed by atoms with Gasteiger partial charge in [0.15, 0.2) is 0 Å². The minimum Gasteiger partial charge on any atom is -0.351 e. The fourth-order valence-corrected chi connectivity index (χ4v) is 2.57. The second-order valence-electron chi connectivity index (χ2n) is 4.31. The van der Waals surface area contributed by atoms with Crippen LogP contribution in [0.25, 0.3) is 6.08 Å². The van der Waals surface area contributed by atoms with Crippen LogP contribution in [0.2, 0.25) is 0 Å². The smallest absolute Gasteiger partial charge is 0.246 e. The van der Waals surface area contributed by atoms with E-state index in [9.17, 15) is 4.79 Å². The third-order valence-corrected chi connectivity index (χ3v) is 3.86. The first-order chi connectivity index (χ1) is 9.20. The van der Waals surface area contributed by atoms with Gasteiger partial charge in [-0.1, -0.05) is 6.07 Å². The van der Waals surface area contributed by atoms with E-state index >= 15 is 0 Å².